The average Bonchev–Trinajstić information content (AvgIpc) is 3.06. The van der Waals surface area contributed by atoms with Gasteiger partial charge in [0.25, 0.3) is 5.56 Å². The van der Waals surface area contributed by atoms with Crippen molar-refractivity contribution in [2.45, 2.75) is 19.5 Å². The third kappa shape index (κ3) is 3.60. The second-order valence-corrected chi connectivity index (χ2v) is 7.72. The molecule has 0 bridgehead atoms. The molecule has 1 aromatic carbocycles. The predicted octanol–water partition coefficient (Wildman–Crippen LogP) is 3.21. The lowest BCUT2D eigenvalue weighted by atomic mass is 10.0. The normalized spacial score (nSPS) is 13.2. The van der Waals surface area contributed by atoms with Gasteiger partial charge < -0.3 is 10.6 Å². The third-order valence-corrected chi connectivity index (χ3v) is 5.48. The highest BCUT2D eigenvalue weighted by Crippen LogP contribution is 2.22. The number of allylic oxidation sites excluding steroid dienone is 1. The summed E-state index contributed by atoms with van der Waals surface area (Å²) >= 11 is 5.99. The molecule has 0 radical (unpaired) electrons. The van der Waals surface area contributed by atoms with Crippen LogP contribution in [0.2, 0.25) is 5.02 Å². The summed E-state index contributed by atoms with van der Waals surface area (Å²) in [6.45, 7) is 5.90. The minimum absolute atomic E-state index is 0.210. The van der Waals surface area contributed by atoms with Crippen molar-refractivity contribution in [3.05, 3.63) is 81.9 Å². The highest BCUT2D eigenvalue weighted by atomic mass is 35.5. The number of benzene rings is 1. The monoisotopic (exact) mass is 433 g/mol. The Kier molecular flexibility index (Phi) is 5.01. The van der Waals surface area contributed by atoms with Crippen molar-refractivity contribution < 1.29 is 0 Å². The molecule has 0 unspecified atom stereocenters. The van der Waals surface area contributed by atoms with Crippen LogP contribution >= 0.6 is 11.6 Å². The van der Waals surface area contributed by atoms with Crippen LogP contribution < -0.4 is 16.2 Å². The quantitative estimate of drug-likeness (QED) is 0.470. The van der Waals surface area contributed by atoms with Gasteiger partial charge in [-0.3, -0.25) is 4.79 Å². The second-order valence-electron chi connectivity index (χ2n) is 7.29. The van der Waals surface area contributed by atoms with Crippen LogP contribution in [-0.4, -0.2) is 30.9 Å². The molecular formula is C22H20ClN7O. The lowest BCUT2D eigenvalue weighted by Crippen LogP contribution is -2.23. The van der Waals surface area contributed by atoms with E-state index in [9.17, 15) is 4.79 Å². The maximum atomic E-state index is 12.9. The van der Waals surface area contributed by atoms with Gasteiger partial charge >= 0.3 is 0 Å². The van der Waals surface area contributed by atoms with Crippen LogP contribution in [0.1, 0.15) is 11.1 Å². The van der Waals surface area contributed by atoms with E-state index in [4.69, 9.17) is 11.6 Å². The number of nitrogens with one attached hydrogen (secondary N) is 2. The van der Waals surface area contributed by atoms with Gasteiger partial charge in [-0.05, 0) is 48.4 Å². The van der Waals surface area contributed by atoms with Crippen molar-refractivity contribution in [1.82, 2.24) is 29.6 Å². The molecule has 0 atom stereocenters. The van der Waals surface area contributed by atoms with E-state index in [-0.39, 0.29) is 5.56 Å². The number of hydrogen-bond acceptors (Lipinski definition) is 6. The van der Waals surface area contributed by atoms with E-state index in [0.717, 1.165) is 25.2 Å². The Labute approximate surface area is 183 Å². The molecular weight excluding hydrogens is 414 g/mol. The molecule has 0 spiro atoms. The first-order chi connectivity index (χ1) is 15.1. The smallest absolute Gasteiger partial charge is 0.278 e. The largest absolute Gasteiger partial charge is 0.324 e. The van der Waals surface area contributed by atoms with E-state index in [1.54, 1.807) is 29.1 Å². The molecule has 9 heteroatoms. The number of pyridine rings is 1. The summed E-state index contributed by atoms with van der Waals surface area (Å²) in [5.41, 5.74) is 3.75. The lowest BCUT2D eigenvalue weighted by Gasteiger charge is -2.18. The number of nitrogens with zero attached hydrogens (tertiary/aromatic N) is 5. The van der Waals surface area contributed by atoms with E-state index >= 15 is 0 Å². The first-order valence-electron chi connectivity index (χ1n) is 9.95. The minimum atomic E-state index is -0.210. The van der Waals surface area contributed by atoms with Crippen LogP contribution in [0.4, 0.5) is 11.6 Å². The summed E-state index contributed by atoms with van der Waals surface area (Å²) in [5, 5.41) is 7.55. The standard InChI is InChI=1S/C22H20ClN7O/c1-2-9-29-21(31)18-13-26-22(27-17-5-3-14-7-8-24-11-15(14)10-17)28-20(18)30(29)19-6-4-16(23)12-25-19/h2-6,10,12-13,24H,1,7-9,11H2,(H,26,27,28). The van der Waals surface area contributed by atoms with E-state index in [1.807, 2.05) is 6.07 Å². The van der Waals surface area contributed by atoms with Gasteiger partial charge in [0.1, 0.15) is 5.39 Å². The second kappa shape index (κ2) is 7.98. The number of aromatic nitrogens is 5. The zero-order chi connectivity index (χ0) is 21.4. The zero-order valence-corrected chi connectivity index (χ0v) is 17.4. The van der Waals surface area contributed by atoms with Gasteiger partial charge in [0, 0.05) is 24.6 Å². The molecule has 0 saturated carbocycles. The predicted molar refractivity (Wildman–Crippen MR) is 121 cm³/mol. The first-order valence-corrected chi connectivity index (χ1v) is 10.3. The van der Waals surface area contributed by atoms with Crippen LogP contribution in [0.5, 0.6) is 0 Å². The topological polar surface area (TPSA) is 89.7 Å². The van der Waals surface area contributed by atoms with Gasteiger partial charge in [0.05, 0.1) is 11.6 Å². The maximum absolute atomic E-state index is 12.9. The fraction of sp³-hybridized carbons (Fsp3) is 0.182. The molecule has 1 aliphatic rings. The van der Waals surface area contributed by atoms with Gasteiger partial charge in [-0.1, -0.05) is 23.7 Å². The number of fused-ring (bicyclic) bond motifs is 2. The summed E-state index contributed by atoms with van der Waals surface area (Å²) in [5.74, 6) is 0.928. The summed E-state index contributed by atoms with van der Waals surface area (Å²) in [4.78, 5) is 26.3. The molecule has 0 amide bonds. The molecule has 156 valence electrons. The van der Waals surface area contributed by atoms with E-state index < -0.39 is 0 Å². The van der Waals surface area contributed by atoms with E-state index in [1.165, 1.54) is 22.0 Å². The molecule has 2 N–H and O–H groups in total. The fourth-order valence-corrected chi connectivity index (χ4v) is 3.90. The highest BCUT2D eigenvalue weighted by molar-refractivity contribution is 6.30. The summed E-state index contributed by atoms with van der Waals surface area (Å²) < 4.78 is 3.19. The Balaban J connectivity index is 1.60. The zero-order valence-electron chi connectivity index (χ0n) is 16.7. The molecule has 4 heterocycles. The van der Waals surface area contributed by atoms with Crippen LogP contribution in [0.3, 0.4) is 0 Å². The fourth-order valence-electron chi connectivity index (χ4n) is 3.79. The van der Waals surface area contributed by atoms with Gasteiger partial charge in [-0.25, -0.2) is 19.3 Å². The number of rotatable bonds is 5. The molecule has 5 rings (SSSR count). The first kappa shape index (κ1) is 19.5. The van der Waals surface area contributed by atoms with Crippen molar-refractivity contribution in [2.24, 2.45) is 0 Å². The Hall–Kier alpha value is -3.49. The van der Waals surface area contributed by atoms with Gasteiger partial charge in [-0.2, -0.15) is 4.98 Å². The molecule has 0 saturated heterocycles. The van der Waals surface area contributed by atoms with Crippen molar-refractivity contribution in [3.63, 3.8) is 0 Å². The van der Waals surface area contributed by atoms with Gasteiger partial charge in [0.2, 0.25) is 5.95 Å². The van der Waals surface area contributed by atoms with Crippen molar-refractivity contribution in [3.8, 4) is 5.82 Å². The Bertz CT molecular complexity index is 1340. The van der Waals surface area contributed by atoms with Crippen molar-refractivity contribution >= 4 is 34.3 Å². The molecule has 0 fully saturated rings. The Morgan fingerprint density at radius 1 is 1.19 bits per heavy atom. The molecule has 4 aromatic rings. The highest BCUT2D eigenvalue weighted by Gasteiger charge is 2.18. The minimum Gasteiger partial charge on any atom is -0.324 e. The SMILES string of the molecule is C=CCn1c(=O)c2cnc(Nc3ccc4c(c3)CNCC4)nc2n1-c1ccc(Cl)cn1. The van der Waals surface area contributed by atoms with E-state index in [2.05, 4.69) is 44.3 Å². The summed E-state index contributed by atoms with van der Waals surface area (Å²) in [6.07, 6.45) is 5.75. The van der Waals surface area contributed by atoms with Crippen LogP contribution in [0.25, 0.3) is 16.9 Å². The van der Waals surface area contributed by atoms with Crippen LogP contribution in [0, 0.1) is 0 Å². The average molecular weight is 434 g/mol. The lowest BCUT2D eigenvalue weighted by molar-refractivity contribution is 0.597. The van der Waals surface area contributed by atoms with Gasteiger partial charge in [0.15, 0.2) is 11.5 Å². The van der Waals surface area contributed by atoms with Crippen LogP contribution in [0.15, 0.2) is 60.2 Å². The van der Waals surface area contributed by atoms with Gasteiger partial charge in [-0.15, -0.1) is 6.58 Å². The van der Waals surface area contributed by atoms with E-state index in [0.29, 0.717) is 34.4 Å². The van der Waals surface area contributed by atoms with Crippen LogP contribution in [-0.2, 0) is 19.5 Å². The number of hydrogen-bond donors (Lipinski definition) is 2. The number of halogens is 1. The van der Waals surface area contributed by atoms with Crippen molar-refractivity contribution in [2.75, 3.05) is 11.9 Å². The maximum Gasteiger partial charge on any atom is 0.278 e. The molecule has 3 aromatic heterocycles. The summed E-state index contributed by atoms with van der Waals surface area (Å²) in [7, 11) is 0. The molecule has 1 aliphatic heterocycles. The molecule has 0 aliphatic carbocycles. The Morgan fingerprint density at radius 3 is 2.90 bits per heavy atom. The number of anilines is 2. The summed E-state index contributed by atoms with van der Waals surface area (Å²) in [6, 6.07) is 9.72. The Morgan fingerprint density at radius 2 is 2.10 bits per heavy atom. The van der Waals surface area contributed by atoms with Crippen molar-refractivity contribution in [1.29, 1.82) is 0 Å². The molecule has 31 heavy (non-hydrogen) atoms. The molecule has 8 nitrogen and oxygen atoms in total. The third-order valence-electron chi connectivity index (χ3n) is 5.26.